The molecular formula is C12H18N4O3. The molecule has 0 bridgehead atoms. The molecule has 0 aliphatic carbocycles. The highest BCUT2D eigenvalue weighted by Gasteiger charge is 2.35. The highest BCUT2D eigenvalue weighted by Crippen LogP contribution is 2.20. The van der Waals surface area contributed by atoms with Gasteiger partial charge < -0.3 is 20.3 Å². The van der Waals surface area contributed by atoms with E-state index in [0.717, 1.165) is 11.4 Å². The minimum Gasteiger partial charge on any atom is -0.480 e. The van der Waals surface area contributed by atoms with Crippen LogP contribution in [0.4, 0.5) is 4.79 Å². The van der Waals surface area contributed by atoms with Crippen molar-refractivity contribution in [2.24, 2.45) is 5.92 Å². The molecule has 0 saturated carbocycles. The zero-order chi connectivity index (χ0) is 14.0. The van der Waals surface area contributed by atoms with Crippen LogP contribution in [0.25, 0.3) is 0 Å². The zero-order valence-electron chi connectivity index (χ0n) is 11.0. The molecular weight excluding hydrogens is 248 g/mol. The van der Waals surface area contributed by atoms with E-state index in [-0.39, 0.29) is 19.0 Å². The molecule has 1 atom stereocenters. The third-order valence-corrected chi connectivity index (χ3v) is 3.11. The molecule has 1 aliphatic heterocycles. The number of aromatic nitrogens is 2. The van der Waals surface area contributed by atoms with Crippen LogP contribution in [0.1, 0.15) is 25.2 Å². The van der Waals surface area contributed by atoms with Gasteiger partial charge >= 0.3 is 12.0 Å². The van der Waals surface area contributed by atoms with Gasteiger partial charge in [-0.15, -0.1) is 0 Å². The molecule has 19 heavy (non-hydrogen) atoms. The quantitative estimate of drug-likeness (QED) is 0.745. The van der Waals surface area contributed by atoms with E-state index < -0.39 is 12.0 Å². The second-order valence-electron chi connectivity index (χ2n) is 5.09. The average Bonchev–Trinajstić information content (AvgIpc) is 2.81. The fourth-order valence-electron chi connectivity index (χ4n) is 2.06. The third kappa shape index (κ3) is 2.86. The number of nitrogens with zero attached hydrogens (tertiary/aromatic N) is 2. The molecule has 3 N–H and O–H groups in total. The van der Waals surface area contributed by atoms with Gasteiger partial charge in [0.1, 0.15) is 6.04 Å². The minimum absolute atomic E-state index is 0.239. The molecule has 0 radical (unpaired) electrons. The van der Waals surface area contributed by atoms with E-state index in [1.54, 1.807) is 0 Å². The first-order valence-electron chi connectivity index (χ1n) is 6.27. The molecule has 2 rings (SSSR count). The van der Waals surface area contributed by atoms with Gasteiger partial charge in [0.05, 0.1) is 24.3 Å². The van der Waals surface area contributed by atoms with Crippen LogP contribution in [0.15, 0.2) is 6.33 Å². The lowest BCUT2D eigenvalue weighted by Gasteiger charge is -2.32. The van der Waals surface area contributed by atoms with E-state index in [4.69, 9.17) is 0 Å². The number of carboxylic acid groups (broad SMARTS) is 1. The van der Waals surface area contributed by atoms with Crippen LogP contribution < -0.4 is 5.32 Å². The number of imidazole rings is 1. The van der Waals surface area contributed by atoms with Crippen LogP contribution in [0.2, 0.25) is 0 Å². The molecule has 2 heterocycles. The van der Waals surface area contributed by atoms with Crippen molar-refractivity contribution in [2.75, 3.05) is 6.54 Å². The van der Waals surface area contributed by atoms with E-state index in [1.165, 1.54) is 11.2 Å². The normalized spacial score (nSPS) is 18.3. The first kappa shape index (κ1) is 13.4. The predicted molar refractivity (Wildman–Crippen MR) is 67.5 cm³/mol. The number of urea groups is 1. The number of fused-ring (bicyclic) bond motifs is 1. The lowest BCUT2D eigenvalue weighted by atomic mass is 10.0. The van der Waals surface area contributed by atoms with E-state index in [2.05, 4.69) is 15.3 Å². The Morgan fingerprint density at radius 2 is 2.37 bits per heavy atom. The summed E-state index contributed by atoms with van der Waals surface area (Å²) in [6.45, 7) is 4.74. The summed E-state index contributed by atoms with van der Waals surface area (Å²) in [6.07, 6.45) is 1.77. The van der Waals surface area contributed by atoms with Crippen molar-refractivity contribution in [3.05, 3.63) is 17.7 Å². The van der Waals surface area contributed by atoms with Crippen molar-refractivity contribution in [2.45, 2.75) is 32.9 Å². The maximum atomic E-state index is 12.1. The van der Waals surface area contributed by atoms with Crippen LogP contribution >= 0.6 is 0 Å². The summed E-state index contributed by atoms with van der Waals surface area (Å²) in [7, 11) is 0. The maximum Gasteiger partial charge on any atom is 0.326 e. The highest BCUT2D eigenvalue weighted by atomic mass is 16.4. The fourth-order valence-corrected chi connectivity index (χ4v) is 2.06. The van der Waals surface area contributed by atoms with Gasteiger partial charge in [-0.05, 0) is 5.92 Å². The third-order valence-electron chi connectivity index (χ3n) is 3.11. The topological polar surface area (TPSA) is 98.3 Å². The molecule has 0 saturated heterocycles. The minimum atomic E-state index is -1.01. The van der Waals surface area contributed by atoms with Crippen LogP contribution in [0.5, 0.6) is 0 Å². The number of carboxylic acids is 1. The molecule has 0 spiro atoms. The molecule has 0 aromatic carbocycles. The van der Waals surface area contributed by atoms with Gasteiger partial charge in [0.25, 0.3) is 0 Å². The van der Waals surface area contributed by atoms with Crippen molar-refractivity contribution >= 4 is 12.0 Å². The van der Waals surface area contributed by atoms with Crippen LogP contribution in [0, 0.1) is 5.92 Å². The number of amides is 2. The molecule has 1 unspecified atom stereocenters. The van der Waals surface area contributed by atoms with Crippen molar-refractivity contribution in [1.29, 1.82) is 0 Å². The molecule has 0 fully saturated rings. The molecule has 1 aliphatic rings. The van der Waals surface area contributed by atoms with E-state index in [0.29, 0.717) is 12.5 Å². The van der Waals surface area contributed by atoms with Gasteiger partial charge in [0.15, 0.2) is 0 Å². The number of hydrogen-bond acceptors (Lipinski definition) is 3. The smallest absolute Gasteiger partial charge is 0.326 e. The standard InChI is InChI=1S/C12H18N4O3/c1-7(2)4-13-12(19)16-5-9-8(14-6-15-9)3-10(16)11(17)18/h6-7,10H,3-5H2,1-2H3,(H,13,19)(H,14,15)(H,17,18). The van der Waals surface area contributed by atoms with E-state index in [9.17, 15) is 14.7 Å². The lowest BCUT2D eigenvalue weighted by Crippen LogP contribution is -2.52. The monoisotopic (exact) mass is 266 g/mol. The number of nitrogens with one attached hydrogen (secondary N) is 2. The van der Waals surface area contributed by atoms with E-state index in [1.807, 2.05) is 13.8 Å². The summed E-state index contributed by atoms with van der Waals surface area (Å²) in [4.78, 5) is 31.7. The summed E-state index contributed by atoms with van der Waals surface area (Å²) < 4.78 is 0. The Morgan fingerprint density at radius 1 is 1.63 bits per heavy atom. The van der Waals surface area contributed by atoms with Gasteiger partial charge in [-0.25, -0.2) is 14.6 Å². The first-order chi connectivity index (χ1) is 8.99. The largest absolute Gasteiger partial charge is 0.480 e. The number of aliphatic carboxylic acids is 1. The lowest BCUT2D eigenvalue weighted by molar-refractivity contribution is -0.142. The van der Waals surface area contributed by atoms with Gasteiger partial charge in [0.2, 0.25) is 0 Å². The second kappa shape index (κ2) is 5.29. The number of rotatable bonds is 3. The molecule has 1 aromatic rings. The fraction of sp³-hybridized carbons (Fsp3) is 0.583. The Bertz CT molecular complexity index is 483. The summed E-state index contributed by atoms with van der Waals surface area (Å²) in [5.41, 5.74) is 1.53. The van der Waals surface area contributed by atoms with Crippen molar-refractivity contribution in [1.82, 2.24) is 20.2 Å². The number of aromatic amines is 1. The summed E-state index contributed by atoms with van der Waals surface area (Å²) in [5, 5.41) is 12.0. The summed E-state index contributed by atoms with van der Waals surface area (Å²) in [6, 6.07) is -1.20. The van der Waals surface area contributed by atoms with Crippen LogP contribution in [-0.4, -0.2) is 44.6 Å². The molecule has 7 nitrogen and oxygen atoms in total. The SMILES string of the molecule is CC(C)CNC(=O)N1Cc2[nH]cnc2CC1C(=O)O. The Labute approximate surface area is 111 Å². The molecule has 7 heteroatoms. The maximum absolute atomic E-state index is 12.1. The second-order valence-corrected chi connectivity index (χ2v) is 5.09. The van der Waals surface area contributed by atoms with Gasteiger partial charge in [-0.2, -0.15) is 0 Å². The first-order valence-corrected chi connectivity index (χ1v) is 6.27. The van der Waals surface area contributed by atoms with Gasteiger partial charge in [-0.1, -0.05) is 13.8 Å². The summed E-state index contributed by atoms with van der Waals surface area (Å²) >= 11 is 0. The Balaban J connectivity index is 2.13. The Hall–Kier alpha value is -2.05. The Morgan fingerprint density at radius 3 is 3.00 bits per heavy atom. The Kier molecular flexibility index (Phi) is 3.73. The average molecular weight is 266 g/mol. The van der Waals surface area contributed by atoms with Gasteiger partial charge in [0, 0.05) is 13.0 Å². The number of carbonyl (C=O) groups is 2. The number of H-pyrrole nitrogens is 1. The van der Waals surface area contributed by atoms with Crippen molar-refractivity contribution in [3.63, 3.8) is 0 Å². The number of hydrogen-bond donors (Lipinski definition) is 3. The van der Waals surface area contributed by atoms with E-state index >= 15 is 0 Å². The predicted octanol–water partition coefficient (Wildman–Crippen LogP) is 0.587. The van der Waals surface area contributed by atoms with Crippen LogP contribution in [-0.2, 0) is 17.8 Å². The summed E-state index contributed by atoms with van der Waals surface area (Å²) in [5.74, 6) is -0.687. The van der Waals surface area contributed by atoms with Crippen molar-refractivity contribution < 1.29 is 14.7 Å². The molecule has 1 aromatic heterocycles. The molecule has 104 valence electrons. The van der Waals surface area contributed by atoms with Crippen molar-refractivity contribution in [3.8, 4) is 0 Å². The highest BCUT2D eigenvalue weighted by molar-refractivity contribution is 5.83. The molecule has 2 amide bonds. The van der Waals surface area contributed by atoms with Crippen LogP contribution in [0.3, 0.4) is 0 Å². The zero-order valence-corrected chi connectivity index (χ0v) is 11.0. The van der Waals surface area contributed by atoms with Gasteiger partial charge in [-0.3, -0.25) is 0 Å². The number of carbonyl (C=O) groups excluding carboxylic acids is 1.